The van der Waals surface area contributed by atoms with Crippen LogP contribution in [0.5, 0.6) is 11.6 Å². The van der Waals surface area contributed by atoms with Gasteiger partial charge in [0.1, 0.15) is 11.9 Å². The molecule has 4 heteroatoms. The first kappa shape index (κ1) is 8.47. The fraction of sp³-hybridized carbons (Fsp3) is 0.273. The van der Waals surface area contributed by atoms with Crippen molar-refractivity contribution in [2.45, 2.75) is 18.8 Å². The summed E-state index contributed by atoms with van der Waals surface area (Å²) in [5.41, 5.74) is 1.41. The van der Waals surface area contributed by atoms with Crippen molar-refractivity contribution in [2.24, 2.45) is 0 Å². The van der Waals surface area contributed by atoms with Crippen LogP contribution in [0, 0.1) is 0 Å². The minimum absolute atomic E-state index is 0.495. The van der Waals surface area contributed by atoms with E-state index in [0.29, 0.717) is 5.88 Å². The van der Waals surface area contributed by atoms with Crippen molar-refractivity contribution >= 4 is 0 Å². The smallest absolute Gasteiger partial charge is 0.258 e. The largest absolute Gasteiger partial charge is 0.436 e. The second-order valence-electron chi connectivity index (χ2n) is 3.75. The summed E-state index contributed by atoms with van der Waals surface area (Å²) in [6, 6.07) is 8.19. The number of rotatable bonds is 3. The van der Waals surface area contributed by atoms with Crippen LogP contribution in [0.25, 0.3) is 0 Å². The van der Waals surface area contributed by atoms with Crippen LogP contribution in [-0.4, -0.2) is 15.4 Å². The highest BCUT2D eigenvalue weighted by atomic mass is 16.5. The van der Waals surface area contributed by atoms with Crippen molar-refractivity contribution in [1.29, 1.82) is 0 Å². The van der Waals surface area contributed by atoms with Gasteiger partial charge in [-0.1, -0.05) is 12.1 Å². The Bertz CT molecular complexity index is 431. The van der Waals surface area contributed by atoms with Gasteiger partial charge in [0.15, 0.2) is 0 Å². The molecule has 0 spiro atoms. The number of benzene rings is 1. The summed E-state index contributed by atoms with van der Waals surface area (Å²) in [7, 11) is 0. The van der Waals surface area contributed by atoms with Crippen LogP contribution in [0.4, 0.5) is 0 Å². The summed E-state index contributed by atoms with van der Waals surface area (Å²) in [5.74, 6) is 2.08. The van der Waals surface area contributed by atoms with E-state index in [1.54, 1.807) is 6.20 Å². The highest BCUT2D eigenvalue weighted by Crippen LogP contribution is 2.40. The van der Waals surface area contributed by atoms with Crippen LogP contribution >= 0.6 is 0 Å². The molecule has 1 N–H and O–H groups in total. The van der Waals surface area contributed by atoms with Gasteiger partial charge < -0.3 is 4.74 Å². The molecule has 1 aliphatic carbocycles. The van der Waals surface area contributed by atoms with Crippen molar-refractivity contribution < 1.29 is 4.74 Å². The second kappa shape index (κ2) is 3.38. The zero-order valence-corrected chi connectivity index (χ0v) is 8.18. The molecule has 1 aliphatic rings. The molecule has 0 bridgehead atoms. The first-order valence-electron chi connectivity index (χ1n) is 5.05. The number of nitrogens with one attached hydrogen (secondary N) is 1. The zero-order chi connectivity index (χ0) is 10.1. The average Bonchev–Trinajstić information content (AvgIpc) is 2.99. The molecule has 0 atom stereocenters. The van der Waals surface area contributed by atoms with Crippen LogP contribution in [0.15, 0.2) is 30.5 Å². The van der Waals surface area contributed by atoms with E-state index in [0.717, 1.165) is 11.7 Å². The Kier molecular flexibility index (Phi) is 1.91. The fourth-order valence-electron chi connectivity index (χ4n) is 1.59. The highest BCUT2D eigenvalue weighted by Gasteiger charge is 2.22. The molecule has 3 rings (SSSR count). The lowest BCUT2D eigenvalue weighted by Crippen LogP contribution is -1.85. The van der Waals surface area contributed by atoms with Gasteiger partial charge in [-0.2, -0.15) is 10.3 Å². The van der Waals surface area contributed by atoms with E-state index < -0.39 is 0 Å². The normalized spacial score (nSPS) is 15.2. The number of hydrogen-bond donors (Lipinski definition) is 1. The standard InChI is InChI=1S/C11H11N3O/c1-2-8(1)9-3-5-10(6-4-9)15-11-7-12-14-13-11/h3-8H,1-2H2,(H,12,13,14). The lowest BCUT2D eigenvalue weighted by atomic mass is 10.1. The second-order valence-corrected chi connectivity index (χ2v) is 3.75. The minimum Gasteiger partial charge on any atom is -0.436 e. The predicted octanol–water partition coefficient (Wildman–Crippen LogP) is 2.47. The van der Waals surface area contributed by atoms with E-state index in [-0.39, 0.29) is 0 Å². The maximum atomic E-state index is 5.47. The van der Waals surface area contributed by atoms with E-state index in [1.807, 2.05) is 12.1 Å². The van der Waals surface area contributed by atoms with Crippen LogP contribution in [0.3, 0.4) is 0 Å². The van der Waals surface area contributed by atoms with Crippen LogP contribution in [0.2, 0.25) is 0 Å². The third-order valence-electron chi connectivity index (χ3n) is 2.54. The number of nitrogens with zero attached hydrogens (tertiary/aromatic N) is 2. The zero-order valence-electron chi connectivity index (χ0n) is 8.18. The molecule has 0 amide bonds. The third-order valence-corrected chi connectivity index (χ3v) is 2.54. The Hall–Kier alpha value is -1.84. The fourth-order valence-corrected chi connectivity index (χ4v) is 1.59. The Labute approximate surface area is 87.3 Å². The molecule has 15 heavy (non-hydrogen) atoms. The number of aromatic amines is 1. The summed E-state index contributed by atoms with van der Waals surface area (Å²) < 4.78 is 5.47. The maximum Gasteiger partial charge on any atom is 0.258 e. The molecular formula is C11H11N3O. The Morgan fingerprint density at radius 2 is 2.00 bits per heavy atom. The average molecular weight is 201 g/mol. The first-order valence-corrected chi connectivity index (χ1v) is 5.05. The first-order chi connectivity index (χ1) is 7.42. The summed E-state index contributed by atoms with van der Waals surface area (Å²) in [6.45, 7) is 0. The summed E-state index contributed by atoms with van der Waals surface area (Å²) in [6.07, 6.45) is 4.20. The van der Waals surface area contributed by atoms with Crippen molar-refractivity contribution in [3.8, 4) is 11.6 Å². The quantitative estimate of drug-likeness (QED) is 0.829. The molecule has 0 unspecified atom stereocenters. The van der Waals surface area contributed by atoms with Gasteiger partial charge in [-0.25, -0.2) is 0 Å². The molecule has 0 radical (unpaired) electrons. The van der Waals surface area contributed by atoms with Gasteiger partial charge in [0.25, 0.3) is 5.88 Å². The van der Waals surface area contributed by atoms with Gasteiger partial charge in [0.2, 0.25) is 0 Å². The molecule has 2 aromatic rings. The molecule has 1 saturated carbocycles. The Morgan fingerprint density at radius 1 is 1.20 bits per heavy atom. The summed E-state index contributed by atoms with van der Waals surface area (Å²) >= 11 is 0. The highest BCUT2D eigenvalue weighted by molar-refractivity contribution is 5.33. The van der Waals surface area contributed by atoms with E-state index in [1.165, 1.54) is 18.4 Å². The molecule has 1 fully saturated rings. The Balaban J connectivity index is 1.75. The van der Waals surface area contributed by atoms with Gasteiger partial charge in [0, 0.05) is 0 Å². The minimum atomic E-state index is 0.495. The lowest BCUT2D eigenvalue weighted by molar-refractivity contribution is 0.461. The van der Waals surface area contributed by atoms with Crippen molar-refractivity contribution in [3.05, 3.63) is 36.0 Å². The monoisotopic (exact) mass is 201 g/mol. The molecule has 0 saturated heterocycles. The van der Waals surface area contributed by atoms with Gasteiger partial charge >= 0.3 is 0 Å². The van der Waals surface area contributed by atoms with Crippen molar-refractivity contribution in [1.82, 2.24) is 15.4 Å². The van der Waals surface area contributed by atoms with Gasteiger partial charge in [-0.05, 0) is 36.5 Å². The molecule has 1 aromatic heterocycles. The van der Waals surface area contributed by atoms with Gasteiger partial charge in [0.05, 0.1) is 0 Å². The maximum absolute atomic E-state index is 5.47. The SMILES string of the molecule is c1cc(C2CC2)ccc1Oc1cn[nH]n1. The number of aromatic nitrogens is 3. The number of hydrogen-bond acceptors (Lipinski definition) is 3. The summed E-state index contributed by atoms with van der Waals surface area (Å²) in [4.78, 5) is 0. The van der Waals surface area contributed by atoms with E-state index in [4.69, 9.17) is 4.74 Å². The number of ether oxygens (including phenoxy) is 1. The molecule has 1 heterocycles. The van der Waals surface area contributed by atoms with E-state index in [9.17, 15) is 0 Å². The lowest BCUT2D eigenvalue weighted by Gasteiger charge is -2.02. The molecule has 0 aliphatic heterocycles. The van der Waals surface area contributed by atoms with Crippen LogP contribution in [-0.2, 0) is 0 Å². The van der Waals surface area contributed by atoms with E-state index in [2.05, 4.69) is 27.5 Å². The molecular weight excluding hydrogens is 190 g/mol. The molecule has 4 nitrogen and oxygen atoms in total. The number of H-pyrrole nitrogens is 1. The molecule has 76 valence electrons. The van der Waals surface area contributed by atoms with Crippen LogP contribution < -0.4 is 4.74 Å². The van der Waals surface area contributed by atoms with Crippen LogP contribution in [0.1, 0.15) is 24.3 Å². The topological polar surface area (TPSA) is 50.8 Å². The predicted molar refractivity (Wildman–Crippen MR) is 54.9 cm³/mol. The van der Waals surface area contributed by atoms with E-state index >= 15 is 0 Å². The van der Waals surface area contributed by atoms with Gasteiger partial charge in [-0.3, -0.25) is 0 Å². The third kappa shape index (κ3) is 1.83. The van der Waals surface area contributed by atoms with Gasteiger partial charge in [-0.15, -0.1) is 5.10 Å². The summed E-state index contributed by atoms with van der Waals surface area (Å²) in [5, 5.41) is 10.0. The van der Waals surface area contributed by atoms with Crippen molar-refractivity contribution in [2.75, 3.05) is 0 Å². The Morgan fingerprint density at radius 3 is 2.60 bits per heavy atom. The molecule has 1 aromatic carbocycles. The van der Waals surface area contributed by atoms with Crippen molar-refractivity contribution in [3.63, 3.8) is 0 Å².